The molecule has 0 radical (unpaired) electrons. The van der Waals surface area contributed by atoms with E-state index in [1.54, 1.807) is 9.80 Å². The summed E-state index contributed by atoms with van der Waals surface area (Å²) in [6, 6.07) is 31.1. The van der Waals surface area contributed by atoms with Crippen LogP contribution in [0.1, 0.15) is 84.5 Å². The zero-order valence-corrected chi connectivity index (χ0v) is 30.0. The van der Waals surface area contributed by atoms with Crippen LogP contribution in [-0.2, 0) is 22.7 Å². The van der Waals surface area contributed by atoms with Crippen molar-refractivity contribution in [3.8, 4) is 11.8 Å². The highest BCUT2D eigenvalue weighted by Gasteiger charge is 2.32. The van der Waals surface area contributed by atoms with Gasteiger partial charge in [-0.2, -0.15) is 0 Å². The molecular weight excluding hydrogens is 677 g/mol. The monoisotopic (exact) mass is 718 g/mol. The molecule has 6 aromatic rings. The molecule has 10 nitrogen and oxygen atoms in total. The largest absolute Gasteiger partial charge is 0.445 e. The topological polar surface area (TPSA) is 116 Å². The minimum Gasteiger partial charge on any atom is -0.445 e. The number of imidazole rings is 2. The molecule has 2 aromatic heterocycles. The number of benzene rings is 4. The van der Waals surface area contributed by atoms with Crippen LogP contribution in [0.25, 0.3) is 28.1 Å². The van der Waals surface area contributed by atoms with E-state index < -0.39 is 0 Å². The van der Waals surface area contributed by atoms with Crippen molar-refractivity contribution in [1.82, 2.24) is 29.7 Å². The maximum absolute atomic E-state index is 13.1. The van der Waals surface area contributed by atoms with Gasteiger partial charge in [-0.25, -0.2) is 19.6 Å². The molecule has 2 saturated heterocycles. The Morgan fingerprint density at radius 2 is 1.22 bits per heavy atom. The molecule has 2 aliphatic rings. The highest BCUT2D eigenvalue weighted by atomic mass is 16.6. The Kier molecular flexibility index (Phi) is 10.4. The first-order chi connectivity index (χ1) is 26.6. The normalized spacial score (nSPS) is 17.4. The van der Waals surface area contributed by atoms with Crippen LogP contribution in [-0.4, -0.2) is 55.0 Å². The molecule has 8 rings (SSSR count). The standard InChI is InChI=1S/C44H42N6O4/c51-43(53-29-33-15-3-1-4-16-33)49-25-11-9-19-39(49)41-45-35-23-21-31(27-37(35)47-41)13-7-8-14-32-22-24-36-38(28-32)48-42(46-36)40-20-10-12-26-50(40)44(52)54-30-34-17-5-2-6-18-34/h1-7,13,15-18,21-24,27-28,39-40H,9-12,19-20,25-26,29-30H2,(H,45,47)(H,46,48)/b13-7+. The maximum Gasteiger partial charge on any atom is 0.410 e. The van der Waals surface area contributed by atoms with E-state index >= 15 is 0 Å². The van der Waals surface area contributed by atoms with Crippen molar-refractivity contribution in [2.75, 3.05) is 13.1 Å². The van der Waals surface area contributed by atoms with Crippen LogP contribution >= 0.6 is 0 Å². The number of ether oxygens (including phenoxy) is 2. The second-order valence-corrected chi connectivity index (χ2v) is 13.8. The molecule has 10 heteroatoms. The number of fused-ring (bicyclic) bond motifs is 2. The fourth-order valence-corrected chi connectivity index (χ4v) is 7.31. The zero-order chi connectivity index (χ0) is 36.7. The number of nitrogens with one attached hydrogen (secondary N) is 2. The van der Waals surface area contributed by atoms with Gasteiger partial charge >= 0.3 is 12.2 Å². The van der Waals surface area contributed by atoms with E-state index in [-0.39, 0.29) is 37.5 Å². The van der Waals surface area contributed by atoms with Crippen LogP contribution in [0.5, 0.6) is 0 Å². The number of piperidine rings is 2. The summed E-state index contributed by atoms with van der Waals surface area (Å²) in [7, 11) is 0. The Morgan fingerprint density at radius 3 is 1.80 bits per heavy atom. The van der Waals surface area contributed by atoms with Crippen molar-refractivity contribution in [3.63, 3.8) is 0 Å². The summed E-state index contributed by atoms with van der Waals surface area (Å²) >= 11 is 0. The number of likely N-dealkylation sites (tertiary alicyclic amines) is 2. The smallest absolute Gasteiger partial charge is 0.410 e. The first-order valence-electron chi connectivity index (χ1n) is 18.7. The van der Waals surface area contributed by atoms with Crippen molar-refractivity contribution >= 4 is 40.3 Å². The average molecular weight is 719 g/mol. The number of H-pyrrole nitrogens is 2. The molecular formula is C44H42N6O4. The maximum atomic E-state index is 13.1. The summed E-state index contributed by atoms with van der Waals surface area (Å²) < 4.78 is 11.4. The first kappa shape index (κ1) is 34.7. The summed E-state index contributed by atoms with van der Waals surface area (Å²) in [5.41, 5.74) is 7.24. The molecule has 2 aliphatic heterocycles. The molecule has 2 amide bonds. The predicted octanol–water partition coefficient (Wildman–Crippen LogP) is 9.23. The zero-order valence-electron chi connectivity index (χ0n) is 30.0. The molecule has 2 N–H and O–H groups in total. The van der Waals surface area contributed by atoms with Gasteiger partial charge in [0.2, 0.25) is 0 Å². The van der Waals surface area contributed by atoms with Crippen LogP contribution < -0.4 is 0 Å². The molecule has 2 unspecified atom stereocenters. The third-order valence-electron chi connectivity index (χ3n) is 10.1. The number of aromatic nitrogens is 4. The molecule has 0 bridgehead atoms. The minimum absolute atomic E-state index is 0.161. The number of carbonyl (C=O) groups is 2. The van der Waals surface area contributed by atoms with Gasteiger partial charge in [0, 0.05) is 18.7 Å². The number of allylic oxidation sites excluding steroid dienone is 1. The summed E-state index contributed by atoms with van der Waals surface area (Å²) in [6.07, 6.45) is 8.77. The van der Waals surface area contributed by atoms with E-state index in [1.165, 1.54) is 0 Å². The summed E-state index contributed by atoms with van der Waals surface area (Å²) in [5, 5.41) is 0. The van der Waals surface area contributed by atoms with Crippen LogP contribution in [0.3, 0.4) is 0 Å². The lowest BCUT2D eigenvalue weighted by Gasteiger charge is -2.33. The number of aromatic amines is 2. The Hall–Kier alpha value is -6.34. The summed E-state index contributed by atoms with van der Waals surface area (Å²) in [4.78, 5) is 46.5. The average Bonchev–Trinajstić information content (AvgIpc) is 3.85. The van der Waals surface area contributed by atoms with Crippen molar-refractivity contribution in [3.05, 3.63) is 137 Å². The third-order valence-corrected chi connectivity index (χ3v) is 10.1. The Labute approximate surface area is 314 Å². The van der Waals surface area contributed by atoms with Crippen LogP contribution in [0.15, 0.2) is 103 Å². The van der Waals surface area contributed by atoms with Crippen molar-refractivity contribution in [2.24, 2.45) is 0 Å². The van der Waals surface area contributed by atoms with Gasteiger partial charge < -0.3 is 19.4 Å². The summed E-state index contributed by atoms with van der Waals surface area (Å²) in [5.74, 6) is 7.94. The van der Waals surface area contributed by atoms with E-state index in [2.05, 4.69) is 27.9 Å². The van der Waals surface area contributed by atoms with Crippen molar-refractivity contribution in [1.29, 1.82) is 0 Å². The molecule has 2 fully saturated rings. The lowest BCUT2D eigenvalue weighted by atomic mass is 10.0. The fourth-order valence-electron chi connectivity index (χ4n) is 7.31. The molecule has 4 heterocycles. The van der Waals surface area contributed by atoms with Gasteiger partial charge in [0.25, 0.3) is 0 Å². The number of rotatable bonds is 7. The van der Waals surface area contributed by atoms with E-state index in [0.717, 1.165) is 94.5 Å². The van der Waals surface area contributed by atoms with Crippen LogP contribution in [0.2, 0.25) is 0 Å². The van der Waals surface area contributed by atoms with Crippen molar-refractivity contribution < 1.29 is 19.1 Å². The lowest BCUT2D eigenvalue weighted by molar-refractivity contribution is 0.0655. The Morgan fingerprint density at radius 1 is 0.685 bits per heavy atom. The number of hydrogen-bond acceptors (Lipinski definition) is 6. The van der Waals surface area contributed by atoms with Gasteiger partial charge in [-0.3, -0.25) is 9.80 Å². The highest BCUT2D eigenvalue weighted by molar-refractivity contribution is 5.79. The van der Waals surface area contributed by atoms with Crippen molar-refractivity contribution in [2.45, 2.75) is 63.8 Å². The Balaban J connectivity index is 0.912. The minimum atomic E-state index is -0.318. The van der Waals surface area contributed by atoms with Gasteiger partial charge in [0.15, 0.2) is 0 Å². The lowest BCUT2D eigenvalue weighted by Crippen LogP contribution is -2.39. The third kappa shape index (κ3) is 8.01. The molecule has 54 heavy (non-hydrogen) atoms. The molecule has 4 aromatic carbocycles. The van der Waals surface area contributed by atoms with Gasteiger partial charge in [0.05, 0.1) is 34.2 Å². The van der Waals surface area contributed by atoms with Gasteiger partial charge in [-0.1, -0.05) is 78.6 Å². The van der Waals surface area contributed by atoms with E-state index in [4.69, 9.17) is 19.4 Å². The fraction of sp³-hybridized carbons (Fsp3) is 0.273. The van der Waals surface area contributed by atoms with Gasteiger partial charge in [-0.05, 0) is 97.7 Å². The molecule has 0 aliphatic carbocycles. The van der Waals surface area contributed by atoms with Crippen LogP contribution in [0, 0.1) is 11.8 Å². The van der Waals surface area contributed by atoms with E-state index in [1.807, 2.05) is 103 Å². The number of hydrogen-bond donors (Lipinski definition) is 2. The number of amides is 2. The molecule has 2 atom stereocenters. The SMILES string of the molecule is O=C(OCc1ccccc1)N1CCCCC1c1nc2ccc(C#C/C=C/c3ccc4nc(C5CCCCN5C(=O)OCc5ccccc5)[nH]c4c3)cc2[nH]1. The van der Waals surface area contributed by atoms with E-state index in [9.17, 15) is 9.59 Å². The number of carbonyl (C=O) groups excluding carboxylic acids is 2. The van der Waals surface area contributed by atoms with Gasteiger partial charge in [0.1, 0.15) is 24.9 Å². The highest BCUT2D eigenvalue weighted by Crippen LogP contribution is 2.33. The van der Waals surface area contributed by atoms with Gasteiger partial charge in [-0.15, -0.1) is 0 Å². The molecule has 0 saturated carbocycles. The second kappa shape index (κ2) is 16.1. The summed E-state index contributed by atoms with van der Waals surface area (Å²) in [6.45, 7) is 1.77. The van der Waals surface area contributed by atoms with E-state index in [0.29, 0.717) is 13.1 Å². The second-order valence-electron chi connectivity index (χ2n) is 13.8. The quantitative estimate of drug-likeness (QED) is 0.159. The first-order valence-corrected chi connectivity index (χ1v) is 18.7. The molecule has 272 valence electrons. The molecule has 0 spiro atoms. The predicted molar refractivity (Wildman–Crippen MR) is 208 cm³/mol. The Bertz CT molecular complexity index is 2340. The van der Waals surface area contributed by atoms with Crippen LogP contribution in [0.4, 0.5) is 9.59 Å². The number of nitrogens with zero attached hydrogens (tertiary/aromatic N) is 4.